The molecule has 0 aliphatic carbocycles. The molecular formula is C18H21N3O3. The topological polar surface area (TPSA) is 60.9 Å². The number of benzene rings is 1. The van der Waals surface area contributed by atoms with Crippen molar-refractivity contribution in [3.05, 3.63) is 34.9 Å². The molecule has 1 aromatic carbocycles. The molecule has 3 rings (SSSR count). The Balaban J connectivity index is 1.92. The number of urea groups is 1. The highest BCUT2D eigenvalue weighted by atomic mass is 16.2. The zero-order valence-electron chi connectivity index (χ0n) is 14.2. The van der Waals surface area contributed by atoms with Gasteiger partial charge in [0.15, 0.2) is 0 Å². The molecule has 0 atom stereocenters. The first-order chi connectivity index (χ1) is 11.4. The lowest BCUT2D eigenvalue weighted by molar-refractivity contribution is -0.134. The molecule has 24 heavy (non-hydrogen) atoms. The Morgan fingerprint density at radius 1 is 0.958 bits per heavy atom. The number of anilines is 1. The first-order valence-corrected chi connectivity index (χ1v) is 8.07. The number of nitrogens with zero attached hydrogens (tertiary/aromatic N) is 3. The minimum Gasteiger partial charge on any atom is -0.371 e. The summed E-state index contributed by atoms with van der Waals surface area (Å²) in [5, 5.41) is 0. The number of carbonyl (C=O) groups is 3. The zero-order chi connectivity index (χ0) is 17.4. The highest BCUT2D eigenvalue weighted by molar-refractivity contribution is 6.30. The number of barbiturate groups is 1. The van der Waals surface area contributed by atoms with Crippen LogP contribution in [-0.4, -0.2) is 54.8 Å². The molecule has 0 radical (unpaired) electrons. The van der Waals surface area contributed by atoms with Gasteiger partial charge in [-0.1, -0.05) is 6.07 Å². The third-order valence-corrected chi connectivity index (χ3v) is 4.62. The minimum absolute atomic E-state index is 0.00734. The Morgan fingerprint density at radius 2 is 1.54 bits per heavy atom. The van der Waals surface area contributed by atoms with Crippen LogP contribution < -0.4 is 4.90 Å². The quantitative estimate of drug-likeness (QED) is 0.616. The second-order valence-electron chi connectivity index (χ2n) is 6.31. The van der Waals surface area contributed by atoms with Gasteiger partial charge >= 0.3 is 6.03 Å². The molecule has 1 aromatic rings. The number of hydrogen-bond donors (Lipinski definition) is 0. The Morgan fingerprint density at radius 3 is 2.08 bits per heavy atom. The second kappa shape index (κ2) is 6.11. The van der Waals surface area contributed by atoms with Crippen LogP contribution in [-0.2, 0) is 9.59 Å². The molecule has 6 heteroatoms. The molecule has 0 N–H and O–H groups in total. The third kappa shape index (κ3) is 2.68. The van der Waals surface area contributed by atoms with Crippen molar-refractivity contribution in [3.8, 4) is 0 Å². The van der Waals surface area contributed by atoms with E-state index in [-0.39, 0.29) is 5.57 Å². The number of likely N-dealkylation sites (N-methyl/N-ethyl adjacent to an activating group) is 2. The molecule has 0 bridgehead atoms. The summed E-state index contributed by atoms with van der Waals surface area (Å²) in [6, 6.07) is 5.30. The number of imide groups is 2. The lowest BCUT2D eigenvalue weighted by Gasteiger charge is -2.29. The Hall–Kier alpha value is -2.63. The Bertz CT molecular complexity index is 722. The number of hydrogen-bond acceptors (Lipinski definition) is 4. The van der Waals surface area contributed by atoms with Crippen LogP contribution in [0, 0.1) is 6.92 Å². The molecule has 2 aliphatic rings. The minimum atomic E-state index is -0.609. The van der Waals surface area contributed by atoms with Crippen LogP contribution in [0.1, 0.15) is 24.0 Å². The highest BCUT2D eigenvalue weighted by Gasteiger charge is 2.37. The summed E-state index contributed by atoms with van der Waals surface area (Å²) in [5.74, 6) is -1.13. The van der Waals surface area contributed by atoms with E-state index in [0.717, 1.165) is 34.0 Å². The molecule has 6 nitrogen and oxygen atoms in total. The van der Waals surface area contributed by atoms with E-state index in [4.69, 9.17) is 0 Å². The molecule has 2 saturated heterocycles. The van der Waals surface area contributed by atoms with E-state index >= 15 is 0 Å². The van der Waals surface area contributed by atoms with E-state index < -0.39 is 17.8 Å². The maximum absolute atomic E-state index is 12.2. The maximum atomic E-state index is 12.2. The summed E-state index contributed by atoms with van der Waals surface area (Å²) >= 11 is 0. The van der Waals surface area contributed by atoms with Gasteiger partial charge in [0.2, 0.25) is 0 Å². The van der Waals surface area contributed by atoms with Gasteiger partial charge < -0.3 is 4.90 Å². The molecule has 4 amide bonds. The molecular weight excluding hydrogens is 306 g/mol. The molecule has 0 saturated carbocycles. The van der Waals surface area contributed by atoms with Gasteiger partial charge in [-0.25, -0.2) is 4.79 Å². The van der Waals surface area contributed by atoms with Crippen LogP contribution in [0.15, 0.2) is 23.8 Å². The van der Waals surface area contributed by atoms with Crippen molar-refractivity contribution in [1.82, 2.24) is 9.80 Å². The molecule has 126 valence electrons. The fourth-order valence-electron chi connectivity index (χ4n) is 3.22. The average Bonchev–Trinajstić information content (AvgIpc) is 3.09. The van der Waals surface area contributed by atoms with Crippen molar-refractivity contribution in [3.63, 3.8) is 0 Å². The molecule has 0 unspecified atom stereocenters. The van der Waals surface area contributed by atoms with Crippen LogP contribution >= 0.6 is 0 Å². The van der Waals surface area contributed by atoms with E-state index in [1.54, 1.807) is 6.08 Å². The standard InChI is InChI=1S/C18H21N3O3/c1-12-10-13(6-7-15(12)21-8-4-5-9-21)11-14-16(22)19(2)18(24)20(3)17(14)23/h6-7,10-11H,4-5,8-9H2,1-3H3. The van der Waals surface area contributed by atoms with Crippen molar-refractivity contribution in [2.24, 2.45) is 0 Å². The van der Waals surface area contributed by atoms with Gasteiger partial charge in [-0.2, -0.15) is 0 Å². The third-order valence-electron chi connectivity index (χ3n) is 4.62. The van der Waals surface area contributed by atoms with Crippen LogP contribution in [0.3, 0.4) is 0 Å². The van der Waals surface area contributed by atoms with E-state index in [0.29, 0.717) is 0 Å². The van der Waals surface area contributed by atoms with Gasteiger partial charge in [-0.05, 0) is 49.1 Å². The SMILES string of the molecule is Cc1cc(C=C2C(=O)N(C)C(=O)N(C)C2=O)ccc1N1CCCC1. The predicted molar refractivity (Wildman–Crippen MR) is 91.5 cm³/mol. The van der Waals surface area contributed by atoms with Gasteiger partial charge in [0.1, 0.15) is 5.57 Å². The normalized spacial score (nSPS) is 18.7. The zero-order valence-corrected chi connectivity index (χ0v) is 14.2. The van der Waals surface area contributed by atoms with Gasteiger partial charge in [0.25, 0.3) is 11.8 Å². The Kier molecular flexibility index (Phi) is 4.13. The molecule has 0 spiro atoms. The van der Waals surface area contributed by atoms with E-state index in [1.807, 2.05) is 25.1 Å². The molecule has 2 aliphatic heterocycles. The number of aryl methyl sites for hydroxylation is 1. The lowest BCUT2D eigenvalue weighted by Crippen LogP contribution is -2.52. The lowest BCUT2D eigenvalue weighted by atomic mass is 10.0. The smallest absolute Gasteiger partial charge is 0.333 e. The van der Waals surface area contributed by atoms with Crippen molar-refractivity contribution in [2.45, 2.75) is 19.8 Å². The molecule has 2 heterocycles. The fourth-order valence-corrected chi connectivity index (χ4v) is 3.22. The van der Waals surface area contributed by atoms with Gasteiger partial charge in [-0.3, -0.25) is 19.4 Å². The van der Waals surface area contributed by atoms with Crippen molar-refractivity contribution in [1.29, 1.82) is 0 Å². The summed E-state index contributed by atoms with van der Waals surface area (Å²) in [4.78, 5) is 40.5. The Labute approximate surface area is 141 Å². The number of carbonyl (C=O) groups excluding carboxylic acids is 3. The summed E-state index contributed by atoms with van der Waals surface area (Å²) in [6.45, 7) is 4.16. The van der Waals surface area contributed by atoms with Crippen molar-refractivity contribution >= 4 is 29.6 Å². The van der Waals surface area contributed by atoms with Crippen molar-refractivity contribution in [2.75, 3.05) is 32.1 Å². The van der Waals surface area contributed by atoms with Gasteiger partial charge in [0, 0.05) is 32.9 Å². The first-order valence-electron chi connectivity index (χ1n) is 8.07. The first kappa shape index (κ1) is 16.2. The average molecular weight is 327 g/mol. The van der Waals surface area contributed by atoms with Crippen LogP contribution in [0.4, 0.5) is 10.5 Å². The summed E-state index contributed by atoms with van der Waals surface area (Å²) in [6.07, 6.45) is 3.98. The van der Waals surface area contributed by atoms with E-state index in [1.165, 1.54) is 32.6 Å². The summed E-state index contributed by atoms with van der Waals surface area (Å²) < 4.78 is 0. The number of rotatable bonds is 2. The highest BCUT2D eigenvalue weighted by Crippen LogP contribution is 2.26. The van der Waals surface area contributed by atoms with Crippen LogP contribution in [0.25, 0.3) is 6.08 Å². The van der Waals surface area contributed by atoms with Gasteiger partial charge in [0.05, 0.1) is 0 Å². The monoisotopic (exact) mass is 327 g/mol. The van der Waals surface area contributed by atoms with Crippen LogP contribution in [0.2, 0.25) is 0 Å². The molecule has 0 aromatic heterocycles. The summed E-state index contributed by atoms with van der Waals surface area (Å²) in [7, 11) is 2.76. The van der Waals surface area contributed by atoms with E-state index in [2.05, 4.69) is 4.90 Å². The molecule has 2 fully saturated rings. The summed E-state index contributed by atoms with van der Waals surface area (Å²) in [5.41, 5.74) is 3.09. The largest absolute Gasteiger partial charge is 0.371 e. The maximum Gasteiger partial charge on any atom is 0.333 e. The van der Waals surface area contributed by atoms with Crippen LogP contribution in [0.5, 0.6) is 0 Å². The fraction of sp³-hybridized carbons (Fsp3) is 0.389. The van der Waals surface area contributed by atoms with Crippen molar-refractivity contribution < 1.29 is 14.4 Å². The van der Waals surface area contributed by atoms with Gasteiger partial charge in [-0.15, -0.1) is 0 Å². The second-order valence-corrected chi connectivity index (χ2v) is 6.31. The number of amides is 4. The van der Waals surface area contributed by atoms with E-state index in [9.17, 15) is 14.4 Å². The predicted octanol–water partition coefficient (Wildman–Crippen LogP) is 2.03.